The summed E-state index contributed by atoms with van der Waals surface area (Å²) in [5, 5.41) is 2.93. The summed E-state index contributed by atoms with van der Waals surface area (Å²) in [6, 6.07) is 15.1. The van der Waals surface area contributed by atoms with Crippen LogP contribution in [0.15, 0.2) is 54.7 Å². The van der Waals surface area contributed by atoms with Crippen molar-refractivity contribution in [3.8, 4) is 28.4 Å². The monoisotopic (exact) mass is 491 g/mol. The van der Waals surface area contributed by atoms with E-state index in [1.54, 1.807) is 19.1 Å². The van der Waals surface area contributed by atoms with Crippen LogP contribution in [0.4, 0.5) is 5.95 Å². The van der Waals surface area contributed by atoms with Gasteiger partial charge in [0.05, 0.1) is 26.5 Å². The van der Waals surface area contributed by atoms with Crippen molar-refractivity contribution in [2.75, 3.05) is 53.3 Å². The molecule has 0 aliphatic heterocycles. The normalized spacial score (nSPS) is 12.9. The molecule has 2 amide bonds. The first kappa shape index (κ1) is 25.2. The number of ether oxygens (including phenoxy) is 2. The number of hydrogen-bond acceptors (Lipinski definition) is 6. The standard InChI is InChI=1S/C27H33N5O4/c1-30(2)15-16-31(26(34)20-5-6-20)18-25(33)29-27-28-24(19-7-11-22(35-3)12-8-19)17-32(27)21-9-13-23(36-4)14-10-21/h7-14,17,20H,5-6,15-16,18H2,1-4H3,(H,28,29,33). The summed E-state index contributed by atoms with van der Waals surface area (Å²) < 4.78 is 12.4. The van der Waals surface area contributed by atoms with Crippen molar-refractivity contribution < 1.29 is 19.1 Å². The van der Waals surface area contributed by atoms with Gasteiger partial charge >= 0.3 is 0 Å². The summed E-state index contributed by atoms with van der Waals surface area (Å²) in [5.74, 6) is 1.66. The van der Waals surface area contributed by atoms with Gasteiger partial charge in [-0.05, 0) is 75.5 Å². The van der Waals surface area contributed by atoms with Gasteiger partial charge in [0.2, 0.25) is 17.8 Å². The molecule has 9 heteroatoms. The number of likely N-dealkylation sites (N-methyl/N-ethyl adjacent to an activating group) is 1. The van der Waals surface area contributed by atoms with E-state index in [1.165, 1.54) is 0 Å². The molecule has 1 saturated carbocycles. The molecule has 1 N–H and O–H groups in total. The highest BCUT2D eigenvalue weighted by Crippen LogP contribution is 2.31. The SMILES string of the molecule is COc1ccc(-c2cn(-c3ccc(OC)cc3)c(NC(=O)CN(CCN(C)C)C(=O)C3CC3)n2)cc1. The molecular weight excluding hydrogens is 458 g/mol. The van der Waals surface area contributed by atoms with Gasteiger partial charge in [0.15, 0.2) is 0 Å². The van der Waals surface area contributed by atoms with Crippen molar-refractivity contribution in [1.82, 2.24) is 19.4 Å². The molecule has 1 fully saturated rings. The summed E-state index contributed by atoms with van der Waals surface area (Å²) in [6.45, 7) is 1.17. The highest BCUT2D eigenvalue weighted by atomic mass is 16.5. The summed E-state index contributed by atoms with van der Waals surface area (Å²) in [4.78, 5) is 34.3. The molecule has 190 valence electrons. The number of rotatable bonds is 11. The van der Waals surface area contributed by atoms with Crippen molar-refractivity contribution in [3.05, 3.63) is 54.7 Å². The van der Waals surface area contributed by atoms with Gasteiger partial charge in [-0.1, -0.05) is 0 Å². The Morgan fingerprint density at radius 2 is 1.58 bits per heavy atom. The predicted molar refractivity (Wildman–Crippen MR) is 139 cm³/mol. The average Bonchev–Trinajstić information content (AvgIpc) is 3.66. The second kappa shape index (κ2) is 11.3. The minimum atomic E-state index is -0.288. The highest BCUT2D eigenvalue weighted by Gasteiger charge is 2.34. The number of anilines is 1. The van der Waals surface area contributed by atoms with Gasteiger partial charge in [0.1, 0.15) is 11.5 Å². The fourth-order valence-electron chi connectivity index (χ4n) is 3.82. The first-order valence-corrected chi connectivity index (χ1v) is 12.0. The minimum absolute atomic E-state index is 0.0173. The summed E-state index contributed by atoms with van der Waals surface area (Å²) in [7, 11) is 7.14. The lowest BCUT2D eigenvalue weighted by Gasteiger charge is -2.24. The molecule has 9 nitrogen and oxygen atoms in total. The molecule has 0 bridgehead atoms. The van der Waals surface area contributed by atoms with Gasteiger partial charge in [0, 0.05) is 36.5 Å². The van der Waals surface area contributed by atoms with Gasteiger partial charge in [0.25, 0.3) is 0 Å². The van der Waals surface area contributed by atoms with E-state index in [0.29, 0.717) is 24.7 Å². The topological polar surface area (TPSA) is 88.9 Å². The van der Waals surface area contributed by atoms with Crippen LogP contribution in [0.3, 0.4) is 0 Å². The number of carbonyl (C=O) groups is 2. The molecule has 1 aliphatic carbocycles. The van der Waals surface area contributed by atoms with E-state index in [2.05, 4.69) is 5.32 Å². The number of amides is 2. The minimum Gasteiger partial charge on any atom is -0.497 e. The molecular formula is C27H33N5O4. The Kier molecular flexibility index (Phi) is 7.90. The smallest absolute Gasteiger partial charge is 0.246 e. The van der Waals surface area contributed by atoms with Crippen LogP contribution in [0.1, 0.15) is 12.8 Å². The van der Waals surface area contributed by atoms with Crippen molar-refractivity contribution in [2.45, 2.75) is 12.8 Å². The molecule has 1 heterocycles. The van der Waals surface area contributed by atoms with Crippen LogP contribution in [0.25, 0.3) is 16.9 Å². The molecule has 1 aliphatic rings. The van der Waals surface area contributed by atoms with Crippen molar-refractivity contribution in [2.24, 2.45) is 5.92 Å². The van der Waals surface area contributed by atoms with Gasteiger partial charge in [-0.15, -0.1) is 0 Å². The van der Waals surface area contributed by atoms with Crippen LogP contribution in [0.2, 0.25) is 0 Å². The Hall–Kier alpha value is -3.85. The molecule has 1 aromatic heterocycles. The van der Waals surface area contributed by atoms with Crippen molar-refractivity contribution in [1.29, 1.82) is 0 Å². The number of methoxy groups -OCH3 is 2. The maximum atomic E-state index is 13.1. The largest absolute Gasteiger partial charge is 0.497 e. The van der Waals surface area contributed by atoms with Crippen LogP contribution in [-0.4, -0.2) is 79.1 Å². The van der Waals surface area contributed by atoms with Crippen LogP contribution >= 0.6 is 0 Å². The quantitative estimate of drug-likeness (QED) is 0.443. The van der Waals surface area contributed by atoms with Gasteiger partial charge in [-0.2, -0.15) is 0 Å². The molecule has 4 rings (SSSR count). The first-order chi connectivity index (χ1) is 17.4. The average molecular weight is 492 g/mol. The molecule has 0 spiro atoms. The Morgan fingerprint density at radius 1 is 0.972 bits per heavy atom. The first-order valence-electron chi connectivity index (χ1n) is 12.0. The van der Waals surface area contributed by atoms with E-state index < -0.39 is 0 Å². The zero-order chi connectivity index (χ0) is 25.7. The third-order valence-electron chi connectivity index (χ3n) is 6.08. The number of imidazole rings is 1. The van der Waals surface area contributed by atoms with Crippen LogP contribution < -0.4 is 14.8 Å². The molecule has 0 atom stereocenters. The maximum absolute atomic E-state index is 13.1. The lowest BCUT2D eigenvalue weighted by molar-refractivity contribution is -0.136. The van der Waals surface area contributed by atoms with E-state index in [1.807, 2.05) is 78.3 Å². The highest BCUT2D eigenvalue weighted by molar-refractivity contribution is 5.94. The second-order valence-electron chi connectivity index (χ2n) is 9.13. The van der Waals surface area contributed by atoms with E-state index >= 15 is 0 Å². The Labute approximate surface area is 211 Å². The molecule has 0 saturated heterocycles. The van der Waals surface area contributed by atoms with Crippen LogP contribution in [-0.2, 0) is 9.59 Å². The second-order valence-corrected chi connectivity index (χ2v) is 9.13. The summed E-state index contributed by atoms with van der Waals surface area (Å²) in [6.07, 6.45) is 3.66. The van der Waals surface area contributed by atoms with E-state index in [-0.39, 0.29) is 24.3 Å². The number of aromatic nitrogens is 2. The van der Waals surface area contributed by atoms with E-state index in [4.69, 9.17) is 14.5 Å². The third kappa shape index (κ3) is 6.23. The van der Waals surface area contributed by atoms with Gasteiger partial charge < -0.3 is 19.3 Å². The van der Waals surface area contributed by atoms with Crippen LogP contribution in [0.5, 0.6) is 11.5 Å². The lowest BCUT2D eigenvalue weighted by Crippen LogP contribution is -2.42. The molecule has 36 heavy (non-hydrogen) atoms. The predicted octanol–water partition coefficient (Wildman–Crippen LogP) is 3.30. The summed E-state index contributed by atoms with van der Waals surface area (Å²) >= 11 is 0. The lowest BCUT2D eigenvalue weighted by atomic mass is 10.1. The number of carbonyl (C=O) groups excluding carboxylic acids is 2. The number of hydrogen-bond donors (Lipinski definition) is 1. The molecule has 0 radical (unpaired) electrons. The van der Waals surface area contributed by atoms with E-state index in [9.17, 15) is 9.59 Å². The fourth-order valence-corrected chi connectivity index (χ4v) is 3.82. The van der Waals surface area contributed by atoms with Crippen molar-refractivity contribution in [3.63, 3.8) is 0 Å². The molecule has 2 aromatic carbocycles. The number of benzene rings is 2. The number of nitrogens with one attached hydrogen (secondary N) is 1. The van der Waals surface area contributed by atoms with E-state index in [0.717, 1.165) is 35.6 Å². The number of nitrogens with zero attached hydrogens (tertiary/aromatic N) is 4. The van der Waals surface area contributed by atoms with Gasteiger partial charge in [-0.25, -0.2) is 4.98 Å². The zero-order valence-corrected chi connectivity index (χ0v) is 21.2. The fraction of sp³-hybridized carbons (Fsp3) is 0.370. The molecule has 0 unspecified atom stereocenters. The van der Waals surface area contributed by atoms with Crippen molar-refractivity contribution >= 4 is 17.8 Å². The maximum Gasteiger partial charge on any atom is 0.246 e. The zero-order valence-electron chi connectivity index (χ0n) is 21.2. The Bertz CT molecular complexity index is 1180. The van der Waals surface area contributed by atoms with Crippen LogP contribution in [0, 0.1) is 5.92 Å². The van der Waals surface area contributed by atoms with Gasteiger partial charge in [-0.3, -0.25) is 19.5 Å². The Balaban J connectivity index is 1.59. The summed E-state index contributed by atoms with van der Waals surface area (Å²) in [5.41, 5.74) is 2.40. The third-order valence-corrected chi connectivity index (χ3v) is 6.08. The molecule has 3 aromatic rings. The Morgan fingerprint density at radius 3 is 2.14 bits per heavy atom.